The van der Waals surface area contributed by atoms with Gasteiger partial charge in [0.2, 0.25) is 0 Å². The molecule has 1 unspecified atom stereocenters. The zero-order chi connectivity index (χ0) is 14.4. The number of aryl methyl sites for hydroxylation is 1. The predicted molar refractivity (Wildman–Crippen MR) is 81.6 cm³/mol. The van der Waals surface area contributed by atoms with Crippen LogP contribution in [0.25, 0.3) is 0 Å². The molecule has 20 heavy (non-hydrogen) atoms. The van der Waals surface area contributed by atoms with Crippen molar-refractivity contribution in [1.29, 1.82) is 0 Å². The van der Waals surface area contributed by atoms with Crippen molar-refractivity contribution in [2.24, 2.45) is 5.84 Å². The summed E-state index contributed by atoms with van der Waals surface area (Å²) in [6, 6.07) is 3.63. The van der Waals surface area contributed by atoms with E-state index in [1.807, 2.05) is 16.8 Å². The second-order valence-electron chi connectivity index (χ2n) is 4.40. The molecular formula is C13H19N5OS. The van der Waals surface area contributed by atoms with Crippen molar-refractivity contribution >= 4 is 23.0 Å². The Hall–Kier alpha value is -1.70. The van der Waals surface area contributed by atoms with Crippen LogP contribution < -0.4 is 16.6 Å². The van der Waals surface area contributed by atoms with Crippen LogP contribution in [0.5, 0.6) is 0 Å². The molecule has 0 aliphatic heterocycles. The first-order chi connectivity index (χ1) is 9.72. The van der Waals surface area contributed by atoms with Gasteiger partial charge in [0.1, 0.15) is 17.5 Å². The summed E-state index contributed by atoms with van der Waals surface area (Å²) in [5.41, 5.74) is 3.43. The van der Waals surface area contributed by atoms with Crippen LogP contribution in [0.15, 0.2) is 22.9 Å². The molecule has 2 rings (SSSR count). The van der Waals surface area contributed by atoms with E-state index in [0.717, 1.165) is 24.2 Å². The highest BCUT2D eigenvalue weighted by Gasteiger charge is 2.09. The Morgan fingerprint density at radius 3 is 2.85 bits per heavy atom. The van der Waals surface area contributed by atoms with Crippen LogP contribution in [-0.4, -0.2) is 21.6 Å². The molecule has 2 heterocycles. The highest BCUT2D eigenvalue weighted by molar-refractivity contribution is 7.07. The molecule has 0 fully saturated rings. The molecular weight excluding hydrogens is 274 g/mol. The largest absolute Gasteiger partial charge is 0.387 e. The number of aromatic nitrogens is 2. The van der Waals surface area contributed by atoms with Crippen molar-refractivity contribution in [3.63, 3.8) is 0 Å². The summed E-state index contributed by atoms with van der Waals surface area (Å²) >= 11 is 1.56. The lowest BCUT2D eigenvalue weighted by Gasteiger charge is -2.12. The molecule has 0 aromatic carbocycles. The Morgan fingerprint density at radius 2 is 2.20 bits per heavy atom. The minimum absolute atomic E-state index is 0.392. The fourth-order valence-electron chi connectivity index (χ4n) is 1.78. The summed E-state index contributed by atoms with van der Waals surface area (Å²) in [7, 11) is 0. The fraction of sp³-hybridized carbons (Fsp3) is 0.385. The third-order valence-electron chi connectivity index (χ3n) is 2.80. The fourth-order valence-corrected chi connectivity index (χ4v) is 2.49. The number of nitrogens with two attached hydrogens (primary N) is 1. The summed E-state index contributed by atoms with van der Waals surface area (Å²) in [4.78, 5) is 8.67. The molecule has 0 aliphatic carbocycles. The van der Waals surface area contributed by atoms with Crippen LogP contribution in [0.4, 0.5) is 11.6 Å². The summed E-state index contributed by atoms with van der Waals surface area (Å²) in [5.74, 6) is 7.36. The van der Waals surface area contributed by atoms with Crippen LogP contribution in [0, 0.1) is 0 Å². The third-order valence-corrected chi connectivity index (χ3v) is 3.50. The minimum Gasteiger partial charge on any atom is -0.387 e. The van der Waals surface area contributed by atoms with Crippen LogP contribution in [-0.2, 0) is 6.42 Å². The van der Waals surface area contributed by atoms with Crippen LogP contribution in [0.2, 0.25) is 0 Å². The lowest BCUT2D eigenvalue weighted by Crippen LogP contribution is -2.15. The topological polar surface area (TPSA) is 96.1 Å². The number of nitrogens with zero attached hydrogens (tertiary/aromatic N) is 2. The van der Waals surface area contributed by atoms with Crippen molar-refractivity contribution in [3.8, 4) is 0 Å². The summed E-state index contributed by atoms with van der Waals surface area (Å²) in [6.45, 7) is 2.46. The number of nitrogens with one attached hydrogen (secondary N) is 2. The van der Waals surface area contributed by atoms with Crippen molar-refractivity contribution in [2.45, 2.75) is 25.9 Å². The standard InChI is InChI=1S/C13H19N5OS/c1-2-3-11-16-12(6-13(17-11)18-14)15-7-10(19)9-4-5-20-8-9/h4-6,8,10,19H,2-3,7,14H2,1H3,(H2,15,16,17,18). The van der Waals surface area contributed by atoms with Gasteiger partial charge in [0.25, 0.3) is 0 Å². The van der Waals surface area contributed by atoms with Gasteiger partial charge in [0.05, 0.1) is 6.10 Å². The highest BCUT2D eigenvalue weighted by atomic mass is 32.1. The Labute approximate surface area is 122 Å². The summed E-state index contributed by atoms with van der Waals surface area (Å²) in [6.07, 6.45) is 1.20. The summed E-state index contributed by atoms with van der Waals surface area (Å²) < 4.78 is 0. The van der Waals surface area contributed by atoms with Gasteiger partial charge in [0.15, 0.2) is 0 Å². The number of rotatable bonds is 7. The molecule has 1 atom stereocenters. The molecule has 2 aromatic rings. The molecule has 5 N–H and O–H groups in total. The average molecular weight is 293 g/mol. The van der Waals surface area contributed by atoms with E-state index in [9.17, 15) is 5.11 Å². The molecule has 108 valence electrons. The minimum atomic E-state index is -0.555. The highest BCUT2D eigenvalue weighted by Crippen LogP contribution is 2.17. The molecule has 7 heteroatoms. The molecule has 0 saturated carbocycles. The maximum atomic E-state index is 10.0. The number of aliphatic hydroxyl groups is 1. The van der Waals surface area contributed by atoms with Crippen molar-refractivity contribution in [2.75, 3.05) is 17.3 Å². The van der Waals surface area contributed by atoms with Gasteiger partial charge in [-0.3, -0.25) is 0 Å². The van der Waals surface area contributed by atoms with Gasteiger partial charge in [0, 0.05) is 19.0 Å². The van der Waals surface area contributed by atoms with Crippen molar-refractivity contribution in [1.82, 2.24) is 9.97 Å². The number of hydrogen-bond donors (Lipinski definition) is 4. The average Bonchev–Trinajstić information content (AvgIpc) is 2.99. The number of thiophene rings is 1. The number of anilines is 2. The first-order valence-electron chi connectivity index (χ1n) is 6.51. The molecule has 0 aliphatic rings. The maximum absolute atomic E-state index is 10.0. The molecule has 2 aromatic heterocycles. The molecule has 0 spiro atoms. The molecule has 0 radical (unpaired) electrons. The van der Waals surface area contributed by atoms with E-state index >= 15 is 0 Å². The Bertz CT molecular complexity index is 532. The van der Waals surface area contributed by atoms with Crippen molar-refractivity contribution < 1.29 is 5.11 Å². The maximum Gasteiger partial charge on any atom is 0.145 e. The number of hydrogen-bond acceptors (Lipinski definition) is 7. The Morgan fingerprint density at radius 1 is 1.40 bits per heavy atom. The second-order valence-corrected chi connectivity index (χ2v) is 5.18. The van der Waals surface area contributed by atoms with Crippen LogP contribution in [0.1, 0.15) is 30.8 Å². The van der Waals surface area contributed by atoms with Crippen LogP contribution in [0.3, 0.4) is 0 Å². The Balaban J connectivity index is 2.02. The van der Waals surface area contributed by atoms with E-state index in [4.69, 9.17) is 5.84 Å². The van der Waals surface area contributed by atoms with E-state index in [1.165, 1.54) is 0 Å². The van der Waals surface area contributed by atoms with E-state index in [0.29, 0.717) is 18.2 Å². The van der Waals surface area contributed by atoms with Gasteiger partial charge in [-0.15, -0.1) is 0 Å². The van der Waals surface area contributed by atoms with Crippen LogP contribution >= 0.6 is 11.3 Å². The Kier molecular flexibility index (Phi) is 5.28. The molecule has 0 bridgehead atoms. The van der Waals surface area contributed by atoms with Crippen molar-refractivity contribution in [3.05, 3.63) is 34.3 Å². The predicted octanol–water partition coefficient (Wildman–Crippen LogP) is 1.92. The van der Waals surface area contributed by atoms with Gasteiger partial charge in [-0.1, -0.05) is 6.92 Å². The van der Waals surface area contributed by atoms with Gasteiger partial charge in [-0.25, -0.2) is 15.8 Å². The first kappa shape index (κ1) is 14.7. The van der Waals surface area contributed by atoms with E-state index < -0.39 is 6.10 Å². The van der Waals surface area contributed by atoms with Gasteiger partial charge in [-0.2, -0.15) is 11.3 Å². The van der Waals surface area contributed by atoms with E-state index in [1.54, 1.807) is 17.4 Å². The molecule has 6 nitrogen and oxygen atoms in total. The van der Waals surface area contributed by atoms with E-state index in [2.05, 4.69) is 27.6 Å². The zero-order valence-corrected chi connectivity index (χ0v) is 12.2. The first-order valence-corrected chi connectivity index (χ1v) is 7.45. The quantitative estimate of drug-likeness (QED) is 0.460. The smallest absolute Gasteiger partial charge is 0.145 e. The SMILES string of the molecule is CCCc1nc(NN)cc(NCC(O)c2ccsc2)n1. The normalized spacial score (nSPS) is 12.2. The van der Waals surface area contributed by atoms with Gasteiger partial charge >= 0.3 is 0 Å². The zero-order valence-electron chi connectivity index (χ0n) is 11.3. The lowest BCUT2D eigenvalue weighted by molar-refractivity contribution is 0.192. The van der Waals surface area contributed by atoms with E-state index in [-0.39, 0.29) is 0 Å². The lowest BCUT2D eigenvalue weighted by atomic mass is 10.2. The number of nitrogen functional groups attached to an aromatic ring is 1. The second kappa shape index (κ2) is 7.18. The monoisotopic (exact) mass is 293 g/mol. The number of hydrazine groups is 1. The molecule has 0 amide bonds. The van der Waals surface area contributed by atoms with Gasteiger partial charge in [-0.05, 0) is 28.8 Å². The van der Waals surface area contributed by atoms with Gasteiger partial charge < -0.3 is 15.8 Å². The third kappa shape index (κ3) is 3.89. The summed E-state index contributed by atoms with van der Waals surface area (Å²) in [5, 5.41) is 17.0. The molecule has 0 saturated heterocycles. The number of aliphatic hydroxyl groups excluding tert-OH is 1.